The molecule has 0 aliphatic heterocycles. The minimum Gasteiger partial charge on any atom is -0.791 e. The average Bonchev–Trinajstić information content (AvgIpc) is 2.20. The number of nitrogens with one attached hydrogen (secondary N) is 1. The zero-order valence-corrected chi connectivity index (χ0v) is 16.2. The normalized spacial score (nSPS) is 10.2. The molecule has 0 radical (unpaired) electrons. The Hall–Kier alpha value is 1.25. The number of ether oxygens (including phenoxy) is 1. The zero-order chi connectivity index (χ0) is 13.3. The maximum atomic E-state index is 11.8. The molecule has 0 rings (SSSR count). The molecule has 1 N–H and O–H groups in total. The van der Waals surface area contributed by atoms with Gasteiger partial charge in [0.25, 0.3) is 0 Å². The van der Waals surface area contributed by atoms with E-state index in [1.807, 2.05) is 20.8 Å². The van der Waals surface area contributed by atoms with Gasteiger partial charge in [-0.3, -0.25) is 0 Å². The van der Waals surface area contributed by atoms with Gasteiger partial charge in [-0.15, -0.1) is 0 Å². The first-order chi connectivity index (χ1) is 7.90. The van der Waals surface area contributed by atoms with Crippen molar-refractivity contribution in [3.05, 3.63) is 0 Å². The van der Waals surface area contributed by atoms with Crippen LogP contribution in [0.5, 0.6) is 0 Å². The Kier molecular flexibility index (Phi) is 18.9. The molecule has 0 bridgehead atoms. The molecule has 0 aliphatic carbocycles. The largest absolute Gasteiger partial charge is 0.791 e. The monoisotopic (exact) mass is 490 g/mol. The third kappa shape index (κ3) is 15.5. The Labute approximate surface area is 155 Å². The first-order valence-corrected chi connectivity index (χ1v) is 6.91. The number of carbonyl (C=O) groups is 1. The van der Waals surface area contributed by atoms with Crippen molar-refractivity contribution in [2.45, 2.75) is 26.4 Å². The van der Waals surface area contributed by atoms with Gasteiger partial charge < -0.3 is 40.2 Å². The van der Waals surface area contributed by atoms with Crippen LogP contribution in [0.4, 0.5) is 4.79 Å². The molecule has 0 atom stereocenters. The number of hydrogen-bond donors (Lipinski definition) is 1. The molecule has 0 fully saturated rings. The smallest absolute Gasteiger partial charge is 0.410 e. The summed E-state index contributed by atoms with van der Waals surface area (Å²) in [4.78, 5) is 13.5. The molecule has 0 heterocycles. The van der Waals surface area contributed by atoms with E-state index in [9.17, 15) is 4.79 Å². The first kappa shape index (κ1) is 25.2. The van der Waals surface area contributed by atoms with E-state index in [0.29, 0.717) is 31.1 Å². The van der Waals surface area contributed by atoms with Crippen molar-refractivity contribution in [1.82, 2.24) is 10.2 Å². The maximum Gasteiger partial charge on any atom is 0.410 e. The second-order valence-electron chi connectivity index (χ2n) is 4.63. The summed E-state index contributed by atoms with van der Waals surface area (Å²) in [6.07, 6.45) is -0.303. The quantitative estimate of drug-likeness (QED) is 0.326. The minimum atomic E-state index is -0.467. The Bertz CT molecular complexity index is 229. The summed E-state index contributed by atoms with van der Waals surface area (Å²) in [5.74, 6) is 1.19. The molecular weight excluding hydrogens is 469 g/mol. The Morgan fingerprint density at radius 1 is 1.11 bits per heavy atom. The van der Waals surface area contributed by atoms with Crippen LogP contribution in [0.1, 0.15) is 20.8 Å². The summed E-state index contributed by atoms with van der Waals surface area (Å²) in [5, 5.41) is 3.15. The van der Waals surface area contributed by atoms with E-state index in [-0.39, 0.29) is 46.9 Å². The molecule has 0 saturated carbocycles. The zero-order valence-electron chi connectivity index (χ0n) is 11.5. The second-order valence-corrected chi connectivity index (χ2v) is 5.44. The third-order valence-corrected chi connectivity index (χ3v) is 2.24. The standard InChI is InChI=1S/C11H24N2O2S2.2Pd/c1-11(2,3)15-10(14)13(7-9-17)6-4-12-5-8-16;;/h12,16-17H,4-9H2,1-3H3;;/p-2. The van der Waals surface area contributed by atoms with Crippen molar-refractivity contribution in [3.8, 4) is 0 Å². The topological polar surface area (TPSA) is 41.6 Å². The van der Waals surface area contributed by atoms with Gasteiger partial charge in [-0.05, 0) is 27.3 Å². The van der Waals surface area contributed by atoms with Gasteiger partial charge >= 0.3 is 6.09 Å². The predicted octanol–water partition coefficient (Wildman–Crippen LogP) is 0.902. The van der Waals surface area contributed by atoms with Crippen LogP contribution in [0.2, 0.25) is 0 Å². The molecule has 0 aromatic heterocycles. The van der Waals surface area contributed by atoms with Crippen molar-refractivity contribution >= 4 is 31.4 Å². The van der Waals surface area contributed by atoms with Crippen LogP contribution < -0.4 is 5.32 Å². The van der Waals surface area contributed by atoms with Crippen LogP contribution in [-0.4, -0.2) is 54.3 Å². The molecular formula is C11H22N2O2Pd2S2-2. The molecule has 0 aromatic rings. The molecule has 0 saturated heterocycles. The Morgan fingerprint density at radius 2 is 1.68 bits per heavy atom. The van der Waals surface area contributed by atoms with Crippen molar-refractivity contribution < 1.29 is 50.4 Å². The van der Waals surface area contributed by atoms with Crippen LogP contribution in [0.3, 0.4) is 0 Å². The van der Waals surface area contributed by atoms with Gasteiger partial charge in [0.2, 0.25) is 0 Å². The molecule has 8 heteroatoms. The number of nitrogens with zero attached hydrogens (tertiary/aromatic N) is 1. The van der Waals surface area contributed by atoms with Crippen LogP contribution in [0.15, 0.2) is 0 Å². The van der Waals surface area contributed by atoms with Crippen LogP contribution >= 0.6 is 0 Å². The van der Waals surface area contributed by atoms with Gasteiger partial charge in [-0.2, -0.15) is 11.5 Å². The van der Waals surface area contributed by atoms with Crippen molar-refractivity contribution in [1.29, 1.82) is 0 Å². The van der Waals surface area contributed by atoms with Gasteiger partial charge in [0.05, 0.1) is 0 Å². The maximum absolute atomic E-state index is 11.8. The van der Waals surface area contributed by atoms with Gasteiger partial charge in [0.15, 0.2) is 0 Å². The summed E-state index contributed by atoms with van der Waals surface area (Å²) >= 11 is 9.73. The summed E-state index contributed by atoms with van der Waals surface area (Å²) in [7, 11) is 0. The van der Waals surface area contributed by atoms with Gasteiger partial charge in [-0.1, -0.05) is 0 Å². The molecule has 19 heavy (non-hydrogen) atoms. The van der Waals surface area contributed by atoms with Crippen LogP contribution in [0.25, 0.3) is 0 Å². The number of amides is 1. The average molecular weight is 491 g/mol. The van der Waals surface area contributed by atoms with Gasteiger partial charge in [0.1, 0.15) is 5.60 Å². The summed E-state index contributed by atoms with van der Waals surface area (Å²) in [6.45, 7) is 8.20. The van der Waals surface area contributed by atoms with E-state index in [1.165, 1.54) is 0 Å². The summed E-state index contributed by atoms with van der Waals surface area (Å²) < 4.78 is 5.30. The van der Waals surface area contributed by atoms with E-state index < -0.39 is 5.60 Å². The predicted molar refractivity (Wildman–Crippen MR) is 75.1 cm³/mol. The Morgan fingerprint density at radius 3 is 2.11 bits per heavy atom. The molecule has 0 spiro atoms. The van der Waals surface area contributed by atoms with Crippen LogP contribution in [0, 0.1) is 0 Å². The van der Waals surface area contributed by atoms with Crippen molar-refractivity contribution in [2.75, 3.05) is 37.7 Å². The third-order valence-electron chi connectivity index (χ3n) is 1.85. The fourth-order valence-corrected chi connectivity index (χ4v) is 1.51. The minimum absolute atomic E-state index is 0. The fourth-order valence-electron chi connectivity index (χ4n) is 1.14. The number of hydrogen-bond acceptors (Lipinski definition) is 5. The summed E-state index contributed by atoms with van der Waals surface area (Å²) in [6, 6.07) is 0. The number of rotatable bonds is 7. The fraction of sp³-hybridized carbons (Fsp3) is 0.909. The molecule has 1 amide bonds. The van der Waals surface area contributed by atoms with Crippen LogP contribution in [-0.2, 0) is 70.8 Å². The first-order valence-electron chi connectivity index (χ1n) is 5.75. The van der Waals surface area contributed by atoms with E-state index in [2.05, 4.69) is 5.32 Å². The SMILES string of the molecule is CC(C)(C)OC(=O)N(CC[S-])CCNCC[S-].[Pd].[Pd]. The van der Waals surface area contributed by atoms with E-state index in [0.717, 1.165) is 6.54 Å². The van der Waals surface area contributed by atoms with E-state index in [4.69, 9.17) is 30.0 Å². The molecule has 0 aliphatic rings. The Balaban J connectivity index is -0.00000128. The molecule has 0 aromatic carbocycles. The van der Waals surface area contributed by atoms with Crippen molar-refractivity contribution in [3.63, 3.8) is 0 Å². The van der Waals surface area contributed by atoms with E-state index >= 15 is 0 Å². The second kappa shape index (κ2) is 14.2. The van der Waals surface area contributed by atoms with E-state index in [1.54, 1.807) is 4.90 Å². The van der Waals surface area contributed by atoms with Gasteiger partial charge in [0, 0.05) is 60.5 Å². The van der Waals surface area contributed by atoms with Gasteiger partial charge in [-0.25, -0.2) is 4.79 Å². The summed E-state index contributed by atoms with van der Waals surface area (Å²) in [5.41, 5.74) is -0.467. The van der Waals surface area contributed by atoms with Crippen molar-refractivity contribution in [2.24, 2.45) is 0 Å². The molecule has 0 unspecified atom stereocenters. The molecule has 4 nitrogen and oxygen atoms in total. The molecule has 122 valence electrons. The number of carbonyl (C=O) groups excluding carboxylic acids is 1.